The van der Waals surface area contributed by atoms with E-state index in [1.807, 2.05) is 45.0 Å². The van der Waals surface area contributed by atoms with Gasteiger partial charge in [-0.05, 0) is 29.7 Å². The number of amides is 2. The molecule has 1 saturated heterocycles. The number of aromatic nitrogens is 1. The molecule has 1 atom stereocenters. The van der Waals surface area contributed by atoms with Crippen LogP contribution in [0.1, 0.15) is 52.7 Å². The third-order valence-electron chi connectivity index (χ3n) is 4.68. The van der Waals surface area contributed by atoms with Crippen LogP contribution in [0.4, 0.5) is 5.69 Å². The third-order valence-corrected chi connectivity index (χ3v) is 5.69. The van der Waals surface area contributed by atoms with Gasteiger partial charge in [-0.1, -0.05) is 34.6 Å². The Labute approximate surface area is 176 Å². The maximum absolute atomic E-state index is 12.8. The van der Waals surface area contributed by atoms with Crippen LogP contribution in [0.2, 0.25) is 0 Å². The van der Waals surface area contributed by atoms with Gasteiger partial charge in [-0.25, -0.2) is 4.98 Å². The van der Waals surface area contributed by atoms with Crippen LogP contribution in [0.5, 0.6) is 0 Å². The zero-order valence-corrected chi connectivity index (χ0v) is 18.5. The lowest BCUT2D eigenvalue weighted by Crippen LogP contribution is -2.45. The molecule has 2 amide bonds. The Morgan fingerprint density at radius 1 is 1.28 bits per heavy atom. The summed E-state index contributed by atoms with van der Waals surface area (Å²) in [4.78, 5) is 31.4. The molecule has 0 radical (unpaired) electrons. The van der Waals surface area contributed by atoms with Gasteiger partial charge < -0.3 is 14.6 Å². The van der Waals surface area contributed by atoms with E-state index in [9.17, 15) is 9.59 Å². The lowest BCUT2D eigenvalue weighted by Gasteiger charge is -2.26. The van der Waals surface area contributed by atoms with Crippen LogP contribution in [0.3, 0.4) is 0 Å². The van der Waals surface area contributed by atoms with E-state index < -0.39 is 6.04 Å². The average molecular weight is 416 g/mol. The Balaban J connectivity index is 1.64. The molecule has 1 aromatic heterocycles. The van der Waals surface area contributed by atoms with E-state index in [1.54, 1.807) is 22.9 Å². The van der Waals surface area contributed by atoms with Crippen LogP contribution in [-0.4, -0.2) is 39.4 Å². The molecule has 6 nitrogen and oxygen atoms in total. The van der Waals surface area contributed by atoms with Crippen molar-refractivity contribution < 1.29 is 14.0 Å². The summed E-state index contributed by atoms with van der Waals surface area (Å²) in [6, 6.07) is 6.97. The highest BCUT2D eigenvalue weighted by Gasteiger charge is 2.35. The highest BCUT2D eigenvalue weighted by Crippen LogP contribution is 2.28. The number of carbonyl (C=O) groups excluding carboxylic acids is 2. The maximum Gasteiger partial charge on any atom is 0.248 e. The van der Waals surface area contributed by atoms with Gasteiger partial charge in [0.25, 0.3) is 0 Å². The first-order valence-electron chi connectivity index (χ1n) is 9.88. The van der Waals surface area contributed by atoms with Gasteiger partial charge in [-0.15, -0.1) is 11.8 Å². The summed E-state index contributed by atoms with van der Waals surface area (Å²) in [7, 11) is 0. The molecule has 1 aliphatic rings. The molecule has 3 rings (SSSR count). The molecule has 1 unspecified atom stereocenters. The average Bonchev–Trinajstić information content (AvgIpc) is 3.31. The summed E-state index contributed by atoms with van der Waals surface area (Å²) in [5.41, 5.74) is 1.44. The molecule has 0 aliphatic carbocycles. The van der Waals surface area contributed by atoms with E-state index in [-0.39, 0.29) is 23.1 Å². The fraction of sp³-hybridized carbons (Fsp3) is 0.500. The molecule has 7 heteroatoms. The minimum atomic E-state index is -0.435. The first kappa shape index (κ1) is 21.4. The highest BCUT2D eigenvalue weighted by atomic mass is 32.2. The van der Waals surface area contributed by atoms with Crippen molar-refractivity contribution in [1.82, 2.24) is 9.88 Å². The standard InChI is InChI=1S/C22H29N3O3S/c1-14(2)18-11-23-21(28-18)15-6-8-16(9-7-15)24-20(27)17-12-29-13-25(17)19(26)10-22(3,4)5/h6-9,11,14,17H,10,12-13H2,1-5H3,(H,24,27). The molecule has 0 bridgehead atoms. The molecule has 1 aliphatic heterocycles. The summed E-state index contributed by atoms with van der Waals surface area (Å²) >= 11 is 1.61. The SMILES string of the molecule is CC(C)c1cnc(-c2ccc(NC(=O)C3CSCN3C(=O)CC(C)(C)C)cc2)o1. The van der Waals surface area contributed by atoms with Crippen molar-refractivity contribution in [2.75, 3.05) is 16.9 Å². The predicted molar refractivity (Wildman–Crippen MR) is 117 cm³/mol. The molecule has 29 heavy (non-hydrogen) atoms. The number of rotatable bonds is 5. The van der Waals surface area contributed by atoms with E-state index in [4.69, 9.17) is 4.42 Å². The third kappa shape index (κ3) is 5.41. The van der Waals surface area contributed by atoms with E-state index in [2.05, 4.69) is 24.1 Å². The second kappa shape index (κ2) is 8.61. The lowest BCUT2D eigenvalue weighted by atomic mass is 9.91. The number of benzene rings is 1. The Morgan fingerprint density at radius 2 is 1.97 bits per heavy atom. The zero-order chi connectivity index (χ0) is 21.2. The monoisotopic (exact) mass is 415 g/mol. The summed E-state index contributed by atoms with van der Waals surface area (Å²) in [5.74, 6) is 2.76. The summed E-state index contributed by atoms with van der Waals surface area (Å²) < 4.78 is 5.77. The minimum absolute atomic E-state index is 0.0304. The van der Waals surface area contributed by atoms with E-state index in [0.29, 0.717) is 29.6 Å². The molecule has 1 N–H and O–H groups in total. The largest absolute Gasteiger partial charge is 0.441 e. The van der Waals surface area contributed by atoms with E-state index >= 15 is 0 Å². The van der Waals surface area contributed by atoms with Crippen LogP contribution in [0.25, 0.3) is 11.5 Å². The lowest BCUT2D eigenvalue weighted by molar-refractivity contribution is -0.137. The van der Waals surface area contributed by atoms with Crippen molar-refractivity contribution in [3.05, 3.63) is 36.2 Å². The number of nitrogens with one attached hydrogen (secondary N) is 1. The predicted octanol–water partition coefficient (Wildman–Crippen LogP) is 4.74. The minimum Gasteiger partial charge on any atom is -0.441 e. The number of nitrogens with zero attached hydrogens (tertiary/aromatic N) is 2. The second-order valence-corrected chi connectivity index (χ2v) is 9.91. The van der Waals surface area contributed by atoms with Crippen LogP contribution >= 0.6 is 11.8 Å². The van der Waals surface area contributed by atoms with E-state index in [1.165, 1.54) is 0 Å². The molecule has 0 saturated carbocycles. The van der Waals surface area contributed by atoms with Gasteiger partial charge in [0.05, 0.1) is 12.1 Å². The molecule has 156 valence electrons. The number of oxazole rings is 1. The molecular formula is C22H29N3O3S. The van der Waals surface area contributed by atoms with Crippen LogP contribution in [0, 0.1) is 5.41 Å². The van der Waals surface area contributed by atoms with E-state index in [0.717, 1.165) is 11.3 Å². The second-order valence-electron chi connectivity index (χ2n) is 8.91. The van der Waals surface area contributed by atoms with Gasteiger partial charge in [0.2, 0.25) is 17.7 Å². The Kier molecular flexibility index (Phi) is 6.36. The number of thioether (sulfide) groups is 1. The summed E-state index contributed by atoms with van der Waals surface area (Å²) in [6.07, 6.45) is 2.18. The zero-order valence-electron chi connectivity index (χ0n) is 17.7. The summed E-state index contributed by atoms with van der Waals surface area (Å²) in [6.45, 7) is 10.2. The number of anilines is 1. The van der Waals surface area contributed by atoms with Gasteiger partial charge in [0.15, 0.2) is 0 Å². The quantitative estimate of drug-likeness (QED) is 0.763. The van der Waals surface area contributed by atoms with Gasteiger partial charge in [0.1, 0.15) is 11.8 Å². The van der Waals surface area contributed by atoms with Crippen molar-refractivity contribution >= 4 is 29.3 Å². The first-order chi connectivity index (χ1) is 13.6. The van der Waals surface area contributed by atoms with Gasteiger partial charge in [-0.2, -0.15) is 0 Å². The first-order valence-corrected chi connectivity index (χ1v) is 11.0. The number of carbonyl (C=O) groups is 2. The molecule has 2 aromatic rings. The Bertz CT molecular complexity index is 868. The topological polar surface area (TPSA) is 75.4 Å². The van der Waals surface area contributed by atoms with Crippen LogP contribution < -0.4 is 5.32 Å². The van der Waals surface area contributed by atoms with Crippen molar-refractivity contribution in [3.8, 4) is 11.5 Å². The Morgan fingerprint density at radius 3 is 2.55 bits per heavy atom. The van der Waals surface area contributed by atoms with Gasteiger partial charge in [-0.3, -0.25) is 9.59 Å². The summed E-state index contributed by atoms with van der Waals surface area (Å²) in [5, 5.41) is 2.94. The van der Waals surface area contributed by atoms with Gasteiger partial charge in [0, 0.05) is 29.3 Å². The Hall–Kier alpha value is -2.28. The molecular weight excluding hydrogens is 386 g/mol. The molecule has 2 heterocycles. The van der Waals surface area contributed by atoms with Gasteiger partial charge >= 0.3 is 0 Å². The van der Waals surface area contributed by atoms with Crippen LogP contribution in [-0.2, 0) is 9.59 Å². The molecule has 1 fully saturated rings. The smallest absolute Gasteiger partial charge is 0.248 e. The fourth-order valence-electron chi connectivity index (χ4n) is 3.07. The van der Waals surface area contributed by atoms with Crippen molar-refractivity contribution in [3.63, 3.8) is 0 Å². The normalized spacial score (nSPS) is 17.0. The maximum atomic E-state index is 12.8. The number of hydrogen-bond donors (Lipinski definition) is 1. The fourth-order valence-corrected chi connectivity index (χ4v) is 4.25. The number of hydrogen-bond acceptors (Lipinski definition) is 5. The highest BCUT2D eigenvalue weighted by molar-refractivity contribution is 7.99. The van der Waals surface area contributed by atoms with Crippen molar-refractivity contribution in [2.45, 2.75) is 53.0 Å². The van der Waals surface area contributed by atoms with Crippen molar-refractivity contribution in [2.24, 2.45) is 5.41 Å². The van der Waals surface area contributed by atoms with Crippen molar-refractivity contribution in [1.29, 1.82) is 0 Å². The molecule has 0 spiro atoms. The molecule has 1 aromatic carbocycles. The van der Waals surface area contributed by atoms with Crippen LogP contribution in [0.15, 0.2) is 34.9 Å².